The van der Waals surface area contributed by atoms with Crippen LogP contribution in [0.2, 0.25) is 0 Å². The van der Waals surface area contributed by atoms with Gasteiger partial charge in [-0.25, -0.2) is 0 Å². The summed E-state index contributed by atoms with van der Waals surface area (Å²) >= 11 is 0. The Morgan fingerprint density at radius 3 is 2.86 bits per heavy atom. The predicted octanol–water partition coefficient (Wildman–Crippen LogP) is 0.741. The van der Waals surface area contributed by atoms with Gasteiger partial charge in [0.2, 0.25) is 5.91 Å². The SMILES string of the molecule is Cn1ncc(N)c1NC(=O)C1CCC1. The number of hydrogen-bond donors (Lipinski definition) is 2. The first-order valence-electron chi connectivity index (χ1n) is 4.77. The van der Waals surface area contributed by atoms with E-state index >= 15 is 0 Å². The summed E-state index contributed by atoms with van der Waals surface area (Å²) in [6.07, 6.45) is 4.67. The molecule has 14 heavy (non-hydrogen) atoms. The molecule has 1 aromatic rings. The van der Waals surface area contributed by atoms with Crippen molar-refractivity contribution in [3.63, 3.8) is 0 Å². The molecule has 0 aliphatic heterocycles. The van der Waals surface area contributed by atoms with Gasteiger partial charge in [0.15, 0.2) is 5.82 Å². The van der Waals surface area contributed by atoms with E-state index in [0.717, 1.165) is 19.3 Å². The van der Waals surface area contributed by atoms with Crippen molar-refractivity contribution in [3.8, 4) is 0 Å². The fourth-order valence-corrected chi connectivity index (χ4v) is 1.50. The Bertz CT molecular complexity index is 334. The first kappa shape index (κ1) is 9.05. The van der Waals surface area contributed by atoms with Gasteiger partial charge < -0.3 is 11.1 Å². The fraction of sp³-hybridized carbons (Fsp3) is 0.556. The minimum atomic E-state index is 0.0616. The molecule has 0 aromatic carbocycles. The summed E-state index contributed by atoms with van der Waals surface area (Å²) in [5, 5.41) is 6.75. The second-order valence-electron chi connectivity index (χ2n) is 3.69. The third kappa shape index (κ3) is 1.45. The molecule has 0 spiro atoms. The summed E-state index contributed by atoms with van der Waals surface area (Å²) in [6.45, 7) is 0. The normalized spacial score (nSPS) is 16.4. The number of nitrogens with two attached hydrogens (primary N) is 1. The Hall–Kier alpha value is -1.52. The molecule has 0 saturated heterocycles. The van der Waals surface area contributed by atoms with Crippen LogP contribution in [0.3, 0.4) is 0 Å². The molecule has 1 saturated carbocycles. The predicted molar refractivity (Wildman–Crippen MR) is 53.6 cm³/mol. The summed E-state index contributed by atoms with van der Waals surface area (Å²) in [6, 6.07) is 0. The first-order valence-corrected chi connectivity index (χ1v) is 4.77. The number of amides is 1. The Labute approximate surface area is 82.3 Å². The largest absolute Gasteiger partial charge is 0.394 e. The lowest BCUT2D eigenvalue weighted by atomic mass is 9.85. The third-order valence-electron chi connectivity index (χ3n) is 2.68. The van der Waals surface area contributed by atoms with E-state index in [0.29, 0.717) is 11.5 Å². The molecular formula is C9H14N4O. The fourth-order valence-electron chi connectivity index (χ4n) is 1.50. The van der Waals surface area contributed by atoms with Crippen LogP contribution in [0.4, 0.5) is 11.5 Å². The van der Waals surface area contributed by atoms with Crippen LogP contribution < -0.4 is 11.1 Å². The maximum atomic E-state index is 11.6. The number of anilines is 2. The highest BCUT2D eigenvalue weighted by atomic mass is 16.2. The first-order chi connectivity index (χ1) is 6.68. The summed E-state index contributed by atoms with van der Waals surface area (Å²) in [5.74, 6) is 0.831. The quantitative estimate of drug-likeness (QED) is 0.729. The molecule has 1 amide bonds. The second-order valence-corrected chi connectivity index (χ2v) is 3.69. The van der Waals surface area contributed by atoms with E-state index in [1.807, 2.05) is 0 Å². The average Bonchev–Trinajstić information content (AvgIpc) is 2.32. The van der Waals surface area contributed by atoms with Gasteiger partial charge in [-0.3, -0.25) is 9.48 Å². The number of nitrogens with one attached hydrogen (secondary N) is 1. The number of carbonyl (C=O) groups excluding carboxylic acids is 1. The van der Waals surface area contributed by atoms with Crippen molar-refractivity contribution in [2.24, 2.45) is 13.0 Å². The third-order valence-corrected chi connectivity index (χ3v) is 2.68. The minimum Gasteiger partial charge on any atom is -0.394 e. The maximum Gasteiger partial charge on any atom is 0.228 e. The van der Waals surface area contributed by atoms with Crippen LogP contribution in [-0.4, -0.2) is 15.7 Å². The summed E-state index contributed by atoms with van der Waals surface area (Å²) in [7, 11) is 1.76. The van der Waals surface area contributed by atoms with E-state index in [-0.39, 0.29) is 11.8 Å². The van der Waals surface area contributed by atoms with Gasteiger partial charge in [0.1, 0.15) is 0 Å². The molecule has 0 radical (unpaired) electrons. The number of rotatable bonds is 2. The van der Waals surface area contributed by atoms with Crippen LogP contribution in [0.15, 0.2) is 6.20 Å². The Balaban J connectivity index is 2.06. The van der Waals surface area contributed by atoms with E-state index < -0.39 is 0 Å². The zero-order chi connectivity index (χ0) is 10.1. The molecular weight excluding hydrogens is 180 g/mol. The topological polar surface area (TPSA) is 72.9 Å². The Morgan fingerprint density at radius 2 is 2.43 bits per heavy atom. The van der Waals surface area contributed by atoms with Gasteiger partial charge in [0, 0.05) is 13.0 Å². The van der Waals surface area contributed by atoms with Gasteiger partial charge in [-0.2, -0.15) is 5.10 Å². The second kappa shape index (κ2) is 3.32. The van der Waals surface area contributed by atoms with Crippen molar-refractivity contribution in [1.82, 2.24) is 9.78 Å². The molecule has 1 aliphatic rings. The highest BCUT2D eigenvalue weighted by Gasteiger charge is 2.26. The van der Waals surface area contributed by atoms with Gasteiger partial charge in [-0.1, -0.05) is 6.42 Å². The molecule has 76 valence electrons. The van der Waals surface area contributed by atoms with E-state index in [1.165, 1.54) is 6.20 Å². The van der Waals surface area contributed by atoms with Gasteiger partial charge >= 0.3 is 0 Å². The highest BCUT2D eigenvalue weighted by Crippen LogP contribution is 2.28. The lowest BCUT2D eigenvalue weighted by Gasteiger charge is -2.24. The molecule has 0 unspecified atom stereocenters. The van der Waals surface area contributed by atoms with Gasteiger partial charge in [-0.05, 0) is 12.8 Å². The van der Waals surface area contributed by atoms with Crippen LogP contribution in [-0.2, 0) is 11.8 Å². The Morgan fingerprint density at radius 1 is 1.71 bits per heavy atom. The lowest BCUT2D eigenvalue weighted by Crippen LogP contribution is -2.29. The van der Waals surface area contributed by atoms with Crippen LogP contribution in [0.1, 0.15) is 19.3 Å². The summed E-state index contributed by atoms with van der Waals surface area (Å²) < 4.78 is 1.58. The number of carbonyl (C=O) groups is 1. The van der Waals surface area contributed by atoms with E-state index in [2.05, 4.69) is 10.4 Å². The van der Waals surface area contributed by atoms with E-state index in [1.54, 1.807) is 11.7 Å². The maximum absolute atomic E-state index is 11.6. The molecule has 5 nitrogen and oxygen atoms in total. The van der Waals surface area contributed by atoms with Crippen molar-refractivity contribution >= 4 is 17.4 Å². The number of nitrogen functional groups attached to an aromatic ring is 1. The van der Waals surface area contributed by atoms with E-state index in [9.17, 15) is 4.79 Å². The van der Waals surface area contributed by atoms with Gasteiger partial charge in [0.05, 0.1) is 11.9 Å². The molecule has 1 fully saturated rings. The molecule has 3 N–H and O–H groups in total. The highest BCUT2D eigenvalue weighted by molar-refractivity contribution is 5.94. The smallest absolute Gasteiger partial charge is 0.228 e. The van der Waals surface area contributed by atoms with Crippen molar-refractivity contribution < 1.29 is 4.79 Å². The van der Waals surface area contributed by atoms with Crippen molar-refractivity contribution in [2.75, 3.05) is 11.1 Å². The monoisotopic (exact) mass is 194 g/mol. The summed E-state index contributed by atoms with van der Waals surface area (Å²) in [4.78, 5) is 11.6. The number of aromatic nitrogens is 2. The zero-order valence-electron chi connectivity index (χ0n) is 8.16. The number of aryl methyl sites for hydroxylation is 1. The average molecular weight is 194 g/mol. The molecule has 1 aliphatic carbocycles. The standard InChI is InChI=1S/C9H14N4O/c1-13-8(7(10)5-11-13)12-9(14)6-3-2-4-6/h5-6H,2-4,10H2,1H3,(H,12,14). The van der Waals surface area contributed by atoms with Crippen LogP contribution in [0.25, 0.3) is 0 Å². The molecule has 0 bridgehead atoms. The lowest BCUT2D eigenvalue weighted by molar-refractivity contribution is -0.122. The van der Waals surface area contributed by atoms with Crippen LogP contribution in [0.5, 0.6) is 0 Å². The van der Waals surface area contributed by atoms with E-state index in [4.69, 9.17) is 5.73 Å². The Kier molecular flexibility index (Phi) is 2.15. The van der Waals surface area contributed by atoms with Crippen molar-refractivity contribution in [3.05, 3.63) is 6.20 Å². The summed E-state index contributed by atoms with van der Waals surface area (Å²) in [5.41, 5.74) is 6.17. The molecule has 0 atom stereocenters. The molecule has 1 aromatic heterocycles. The van der Waals surface area contributed by atoms with Crippen LogP contribution >= 0.6 is 0 Å². The molecule has 1 heterocycles. The molecule has 5 heteroatoms. The molecule has 2 rings (SSSR count). The minimum absolute atomic E-state index is 0.0616. The number of nitrogens with zero attached hydrogens (tertiary/aromatic N) is 2. The van der Waals surface area contributed by atoms with Crippen molar-refractivity contribution in [2.45, 2.75) is 19.3 Å². The van der Waals surface area contributed by atoms with Gasteiger partial charge in [0.25, 0.3) is 0 Å². The zero-order valence-corrected chi connectivity index (χ0v) is 8.16. The van der Waals surface area contributed by atoms with Gasteiger partial charge in [-0.15, -0.1) is 0 Å². The number of hydrogen-bond acceptors (Lipinski definition) is 3. The van der Waals surface area contributed by atoms with Crippen LogP contribution in [0, 0.1) is 5.92 Å². The van der Waals surface area contributed by atoms with Crippen molar-refractivity contribution in [1.29, 1.82) is 0 Å².